The second kappa shape index (κ2) is 6.18. The van der Waals surface area contributed by atoms with Gasteiger partial charge in [-0.3, -0.25) is 9.93 Å². The van der Waals surface area contributed by atoms with E-state index < -0.39 is 12.0 Å². The Morgan fingerprint density at radius 1 is 1.54 bits per heavy atom. The summed E-state index contributed by atoms with van der Waals surface area (Å²) >= 11 is 0. The van der Waals surface area contributed by atoms with Crippen LogP contribution in [0, 0.1) is 0 Å². The Balaban J connectivity index is 3.53. The van der Waals surface area contributed by atoms with Gasteiger partial charge in [0.2, 0.25) is 0 Å². The summed E-state index contributed by atoms with van der Waals surface area (Å²) in [5.41, 5.74) is 15.3. The lowest BCUT2D eigenvalue weighted by Gasteiger charge is -2.04. The number of hydrogen-bond donors (Lipinski definition) is 3. The topological polar surface area (TPSA) is 117 Å². The fraction of sp³-hybridized carbons (Fsp3) is 0.667. The summed E-state index contributed by atoms with van der Waals surface area (Å²) in [5.74, 6) is -1.11. The molecule has 6 N–H and O–H groups in total. The summed E-state index contributed by atoms with van der Waals surface area (Å²) in [6.45, 7) is 0.357. The molecule has 0 bridgehead atoms. The van der Waals surface area contributed by atoms with Crippen LogP contribution < -0.4 is 17.2 Å². The van der Waals surface area contributed by atoms with Gasteiger partial charge in [0.25, 0.3) is 0 Å². The monoisotopic (exact) mass is 192 g/mol. The first-order valence-corrected chi connectivity index (χ1v) is 3.71. The largest absolute Gasteiger partial charge is 0.370 e. The highest BCUT2D eigenvalue weighted by Crippen LogP contribution is 1.97. The van der Waals surface area contributed by atoms with Crippen molar-refractivity contribution in [1.29, 1.82) is 0 Å². The van der Waals surface area contributed by atoms with Crippen LogP contribution in [0.4, 0.5) is 4.53 Å². The highest BCUT2D eigenvalue weighted by atomic mass is 19.3. The van der Waals surface area contributed by atoms with Crippen LogP contribution in [0.25, 0.3) is 0 Å². The van der Waals surface area contributed by atoms with E-state index >= 15 is 0 Å². The van der Waals surface area contributed by atoms with Crippen LogP contribution in [0.3, 0.4) is 0 Å². The Labute approximate surface area is 74.8 Å². The Morgan fingerprint density at radius 2 is 2.15 bits per heavy atom. The highest BCUT2D eigenvalue weighted by Gasteiger charge is 2.14. The summed E-state index contributed by atoms with van der Waals surface area (Å²) in [6.07, 6.45) is 0.772. The molecular formula is C6H13FN4O2. The highest BCUT2D eigenvalue weighted by molar-refractivity contribution is 5.75. The van der Waals surface area contributed by atoms with Crippen molar-refractivity contribution in [2.24, 2.45) is 22.2 Å². The average Bonchev–Trinajstić information content (AvgIpc) is 2.10. The molecule has 1 atom stereocenters. The van der Waals surface area contributed by atoms with Crippen LogP contribution in [-0.2, 0) is 9.74 Å². The molecule has 0 heterocycles. The van der Waals surface area contributed by atoms with E-state index in [9.17, 15) is 9.32 Å². The normalized spacial score (nSPS) is 11.8. The maximum absolute atomic E-state index is 11.3. The molecule has 0 amide bonds. The van der Waals surface area contributed by atoms with Crippen molar-refractivity contribution in [2.45, 2.75) is 18.9 Å². The summed E-state index contributed by atoms with van der Waals surface area (Å²) < 4.78 is 11.3. The fourth-order valence-corrected chi connectivity index (χ4v) is 0.694. The van der Waals surface area contributed by atoms with E-state index in [4.69, 9.17) is 17.2 Å². The Hall–Kier alpha value is -1.37. The first-order chi connectivity index (χ1) is 6.07. The van der Waals surface area contributed by atoms with Crippen LogP contribution in [0.1, 0.15) is 12.8 Å². The lowest BCUT2D eigenvalue weighted by atomic mass is 10.2. The quantitative estimate of drug-likeness (QED) is 0.287. The number of hydrogen-bond acceptors (Lipinski definition) is 4. The molecule has 0 aromatic heterocycles. The van der Waals surface area contributed by atoms with E-state index in [0.29, 0.717) is 13.0 Å². The van der Waals surface area contributed by atoms with Crippen molar-refractivity contribution in [3.8, 4) is 0 Å². The summed E-state index contributed by atoms with van der Waals surface area (Å²) in [5, 5.41) is 0. The fourth-order valence-electron chi connectivity index (χ4n) is 0.694. The minimum atomic E-state index is -1.08. The van der Waals surface area contributed by atoms with Crippen LogP contribution in [-0.4, -0.2) is 24.5 Å². The molecule has 0 aromatic rings. The van der Waals surface area contributed by atoms with Crippen LogP contribution in [0.5, 0.6) is 0 Å². The second-order valence-electron chi connectivity index (χ2n) is 2.45. The molecule has 0 aliphatic carbocycles. The number of halogens is 1. The van der Waals surface area contributed by atoms with Gasteiger partial charge in [0.1, 0.15) is 6.04 Å². The van der Waals surface area contributed by atoms with Gasteiger partial charge in [0.15, 0.2) is 5.96 Å². The number of aliphatic imine (C=N–C) groups is 1. The third kappa shape index (κ3) is 5.85. The smallest absolute Gasteiger partial charge is 0.365 e. The molecule has 0 aromatic carbocycles. The number of nitrogens with two attached hydrogens (primary N) is 3. The molecule has 7 heteroatoms. The number of nitrogens with zero attached hydrogens (tertiary/aromatic N) is 1. The van der Waals surface area contributed by atoms with Crippen molar-refractivity contribution in [3.63, 3.8) is 0 Å². The molecule has 0 rings (SSSR count). The van der Waals surface area contributed by atoms with Crippen molar-refractivity contribution < 1.29 is 14.3 Å². The lowest BCUT2D eigenvalue weighted by Crippen LogP contribution is -2.31. The molecule has 0 aliphatic heterocycles. The minimum Gasteiger partial charge on any atom is -0.370 e. The van der Waals surface area contributed by atoms with E-state index in [0.717, 1.165) is 0 Å². The molecule has 76 valence electrons. The van der Waals surface area contributed by atoms with Gasteiger partial charge in [-0.2, -0.15) is 0 Å². The summed E-state index contributed by atoms with van der Waals surface area (Å²) in [6, 6.07) is -0.959. The zero-order valence-electron chi connectivity index (χ0n) is 7.07. The molecule has 0 radical (unpaired) electrons. The molecule has 6 nitrogen and oxygen atoms in total. The van der Waals surface area contributed by atoms with Crippen molar-refractivity contribution in [2.75, 3.05) is 6.54 Å². The molecule has 0 fully saturated rings. The van der Waals surface area contributed by atoms with Gasteiger partial charge in [-0.05, 0) is 12.8 Å². The summed E-state index contributed by atoms with van der Waals surface area (Å²) in [7, 11) is 0. The van der Waals surface area contributed by atoms with Crippen LogP contribution in [0.2, 0.25) is 0 Å². The van der Waals surface area contributed by atoms with E-state index in [2.05, 4.69) is 9.93 Å². The molecule has 0 saturated heterocycles. The third-order valence-corrected chi connectivity index (χ3v) is 1.35. The third-order valence-electron chi connectivity index (χ3n) is 1.35. The van der Waals surface area contributed by atoms with Crippen LogP contribution >= 0.6 is 0 Å². The first-order valence-electron chi connectivity index (χ1n) is 3.71. The Morgan fingerprint density at radius 3 is 2.62 bits per heavy atom. The van der Waals surface area contributed by atoms with Gasteiger partial charge >= 0.3 is 5.97 Å². The van der Waals surface area contributed by atoms with Gasteiger partial charge in [0, 0.05) is 11.1 Å². The Kier molecular flexibility index (Phi) is 5.53. The predicted octanol–water partition coefficient (Wildman–Crippen LogP) is -1.20. The zero-order chi connectivity index (χ0) is 10.3. The SMILES string of the molecule is NC(N)=NCCC[C@H](N)C(=O)OF. The van der Waals surface area contributed by atoms with E-state index in [1.807, 2.05) is 0 Å². The number of carbonyl (C=O) groups is 1. The maximum Gasteiger partial charge on any atom is 0.365 e. The number of rotatable bonds is 5. The van der Waals surface area contributed by atoms with Gasteiger partial charge in [-0.15, -0.1) is 0 Å². The summed E-state index contributed by atoms with van der Waals surface area (Å²) in [4.78, 5) is 17.0. The van der Waals surface area contributed by atoms with E-state index in [1.165, 1.54) is 0 Å². The number of carbonyl (C=O) groups excluding carboxylic acids is 1. The molecule has 0 spiro atoms. The maximum atomic E-state index is 11.3. The van der Waals surface area contributed by atoms with Crippen LogP contribution in [0.15, 0.2) is 4.99 Å². The average molecular weight is 192 g/mol. The van der Waals surface area contributed by atoms with Gasteiger partial charge in [-0.1, -0.05) is 0 Å². The molecular weight excluding hydrogens is 179 g/mol. The predicted molar refractivity (Wildman–Crippen MR) is 45.1 cm³/mol. The van der Waals surface area contributed by atoms with Crippen molar-refractivity contribution >= 4 is 11.9 Å². The van der Waals surface area contributed by atoms with Crippen molar-refractivity contribution in [3.05, 3.63) is 0 Å². The molecule has 0 unspecified atom stereocenters. The van der Waals surface area contributed by atoms with Gasteiger partial charge < -0.3 is 17.2 Å². The lowest BCUT2D eigenvalue weighted by molar-refractivity contribution is -0.185. The number of guanidine groups is 1. The van der Waals surface area contributed by atoms with E-state index in [1.54, 1.807) is 0 Å². The van der Waals surface area contributed by atoms with Crippen molar-refractivity contribution in [1.82, 2.24) is 0 Å². The first kappa shape index (κ1) is 11.6. The molecule has 0 saturated carbocycles. The standard InChI is InChI=1S/C6H13FN4O2/c7-13-5(12)4(8)2-1-3-11-6(9)10/h4H,1-3,8H2,(H4,9,10,11)/t4-/m0/s1. The zero-order valence-corrected chi connectivity index (χ0v) is 7.07. The minimum absolute atomic E-state index is 0.0263. The van der Waals surface area contributed by atoms with E-state index in [-0.39, 0.29) is 12.4 Å². The Bertz CT molecular complexity index is 193. The second-order valence-corrected chi connectivity index (χ2v) is 2.45. The van der Waals surface area contributed by atoms with Gasteiger partial charge in [-0.25, -0.2) is 4.79 Å². The molecule has 13 heavy (non-hydrogen) atoms. The molecule has 0 aliphatic rings. The van der Waals surface area contributed by atoms with Gasteiger partial charge in [0.05, 0.1) is 0 Å².